The molecule has 1 aromatic carbocycles. The molecule has 0 bridgehead atoms. The third-order valence-corrected chi connectivity index (χ3v) is 6.00. The first kappa shape index (κ1) is 25.9. The van der Waals surface area contributed by atoms with Crippen molar-refractivity contribution in [2.24, 2.45) is 0 Å². The molecule has 0 aliphatic carbocycles. The Balaban J connectivity index is 1.26. The summed E-state index contributed by atoms with van der Waals surface area (Å²) in [6, 6.07) is 4.56. The second kappa shape index (κ2) is 11.7. The number of benzene rings is 1. The lowest BCUT2D eigenvalue weighted by molar-refractivity contribution is -0.146. The Morgan fingerprint density at radius 2 is 2.00 bits per heavy atom. The number of amides is 3. The van der Waals surface area contributed by atoms with Crippen molar-refractivity contribution in [2.75, 3.05) is 55.7 Å². The number of aromatic nitrogens is 3. The van der Waals surface area contributed by atoms with Gasteiger partial charge in [-0.2, -0.15) is 0 Å². The fourth-order valence-corrected chi connectivity index (χ4v) is 4.17. The van der Waals surface area contributed by atoms with Crippen molar-refractivity contribution in [3.05, 3.63) is 36.4 Å². The molecule has 37 heavy (non-hydrogen) atoms. The highest BCUT2D eigenvalue weighted by molar-refractivity contribution is 5.96. The van der Waals surface area contributed by atoms with Crippen molar-refractivity contribution in [3.63, 3.8) is 0 Å². The van der Waals surface area contributed by atoms with E-state index in [0.29, 0.717) is 44.1 Å². The lowest BCUT2D eigenvalue weighted by Gasteiger charge is -2.36. The van der Waals surface area contributed by atoms with Crippen LogP contribution in [0, 0.1) is 5.82 Å². The number of piperazine rings is 1. The number of esters is 1. The molecule has 4 rings (SSSR count). The molecule has 0 radical (unpaired) electrons. The second-order valence-corrected chi connectivity index (χ2v) is 8.50. The molecule has 1 atom stereocenters. The van der Waals surface area contributed by atoms with Gasteiger partial charge in [-0.3, -0.25) is 19.3 Å². The third kappa shape index (κ3) is 6.51. The van der Waals surface area contributed by atoms with Crippen molar-refractivity contribution in [2.45, 2.75) is 26.0 Å². The van der Waals surface area contributed by atoms with E-state index < -0.39 is 36.3 Å². The van der Waals surface area contributed by atoms with Gasteiger partial charge in [-0.1, -0.05) is 5.21 Å². The zero-order valence-electron chi connectivity index (χ0n) is 20.3. The van der Waals surface area contributed by atoms with Gasteiger partial charge >= 0.3 is 12.1 Å². The molecule has 1 aromatic heterocycles. The van der Waals surface area contributed by atoms with E-state index in [-0.39, 0.29) is 25.6 Å². The predicted molar refractivity (Wildman–Crippen MR) is 127 cm³/mol. The average Bonchev–Trinajstić information content (AvgIpc) is 3.52. The van der Waals surface area contributed by atoms with Crippen LogP contribution in [-0.2, 0) is 30.4 Å². The molecule has 14 heteroatoms. The summed E-state index contributed by atoms with van der Waals surface area (Å²) in [5.74, 6) is -2.02. The highest BCUT2D eigenvalue weighted by atomic mass is 19.1. The van der Waals surface area contributed by atoms with Crippen LogP contribution in [0.4, 0.5) is 20.6 Å². The van der Waals surface area contributed by atoms with Gasteiger partial charge in [0.1, 0.15) is 18.3 Å². The van der Waals surface area contributed by atoms with Crippen LogP contribution in [0.3, 0.4) is 0 Å². The Hall–Kier alpha value is -4.23. The molecule has 2 saturated heterocycles. The van der Waals surface area contributed by atoms with Crippen LogP contribution in [-0.4, -0.2) is 95.8 Å². The maximum Gasteiger partial charge on any atom is 0.414 e. The van der Waals surface area contributed by atoms with Crippen LogP contribution < -0.4 is 15.1 Å². The van der Waals surface area contributed by atoms with Crippen molar-refractivity contribution >= 4 is 35.3 Å². The molecular weight excluding hydrogens is 489 g/mol. The maximum atomic E-state index is 15.0. The largest absolute Gasteiger partial charge is 0.466 e. The van der Waals surface area contributed by atoms with E-state index in [2.05, 4.69) is 15.6 Å². The van der Waals surface area contributed by atoms with E-state index in [4.69, 9.17) is 9.47 Å². The van der Waals surface area contributed by atoms with E-state index in [1.165, 1.54) is 17.2 Å². The summed E-state index contributed by atoms with van der Waals surface area (Å²) in [6.07, 6.45) is 1.77. The van der Waals surface area contributed by atoms with Crippen LogP contribution in [0.5, 0.6) is 0 Å². The number of ether oxygens (including phenoxy) is 2. The summed E-state index contributed by atoms with van der Waals surface area (Å²) in [4.78, 5) is 52.6. The van der Waals surface area contributed by atoms with Crippen molar-refractivity contribution in [1.82, 2.24) is 25.2 Å². The van der Waals surface area contributed by atoms with Crippen LogP contribution in [0.15, 0.2) is 30.6 Å². The average molecular weight is 518 g/mol. The van der Waals surface area contributed by atoms with Gasteiger partial charge in [0.2, 0.25) is 11.8 Å². The van der Waals surface area contributed by atoms with E-state index in [1.54, 1.807) is 34.8 Å². The van der Waals surface area contributed by atoms with E-state index in [9.17, 15) is 19.2 Å². The van der Waals surface area contributed by atoms with Gasteiger partial charge in [0.25, 0.3) is 0 Å². The summed E-state index contributed by atoms with van der Waals surface area (Å²) < 4.78 is 26.7. The topological polar surface area (TPSA) is 139 Å². The number of nitrogens with zero attached hydrogens (tertiary/aromatic N) is 6. The smallest absolute Gasteiger partial charge is 0.414 e. The second-order valence-electron chi connectivity index (χ2n) is 8.50. The number of rotatable bonds is 9. The van der Waals surface area contributed by atoms with Gasteiger partial charge in [0, 0.05) is 32.4 Å². The van der Waals surface area contributed by atoms with Crippen molar-refractivity contribution in [3.8, 4) is 0 Å². The lowest BCUT2D eigenvalue weighted by Crippen LogP contribution is -2.51. The number of hydrogen-bond acceptors (Lipinski definition) is 9. The molecule has 2 aliphatic heterocycles. The summed E-state index contributed by atoms with van der Waals surface area (Å²) >= 11 is 0. The number of cyclic esters (lactones) is 1. The lowest BCUT2D eigenvalue weighted by atomic mass is 10.2. The molecule has 0 saturated carbocycles. The molecular formula is C23H28FN7O6. The zero-order valence-corrected chi connectivity index (χ0v) is 20.3. The number of carbonyl (C=O) groups is 4. The molecule has 2 aromatic rings. The van der Waals surface area contributed by atoms with Gasteiger partial charge in [-0.05, 0) is 25.1 Å². The monoisotopic (exact) mass is 517 g/mol. The predicted octanol–water partition coefficient (Wildman–Crippen LogP) is 0.161. The summed E-state index contributed by atoms with van der Waals surface area (Å²) in [6.45, 7) is 3.66. The van der Waals surface area contributed by atoms with Gasteiger partial charge in [0.05, 0.1) is 43.8 Å². The first-order chi connectivity index (χ1) is 17.8. The van der Waals surface area contributed by atoms with Gasteiger partial charge in [-0.25, -0.2) is 13.9 Å². The van der Waals surface area contributed by atoms with E-state index >= 15 is 4.39 Å². The molecule has 0 spiro atoms. The van der Waals surface area contributed by atoms with E-state index in [1.807, 2.05) is 4.90 Å². The number of halogens is 1. The first-order valence-electron chi connectivity index (χ1n) is 11.9. The van der Waals surface area contributed by atoms with Crippen LogP contribution >= 0.6 is 0 Å². The summed E-state index contributed by atoms with van der Waals surface area (Å²) in [7, 11) is 0. The van der Waals surface area contributed by atoms with Gasteiger partial charge in [0.15, 0.2) is 0 Å². The molecule has 1 N–H and O–H groups in total. The number of nitrogens with one attached hydrogen (secondary N) is 1. The van der Waals surface area contributed by atoms with Crippen molar-refractivity contribution in [1.29, 1.82) is 0 Å². The van der Waals surface area contributed by atoms with Crippen LogP contribution in [0.25, 0.3) is 0 Å². The quantitative estimate of drug-likeness (QED) is 0.364. The van der Waals surface area contributed by atoms with Crippen LogP contribution in [0.2, 0.25) is 0 Å². The van der Waals surface area contributed by atoms with E-state index in [0.717, 1.165) is 0 Å². The normalized spacial score (nSPS) is 17.5. The maximum absolute atomic E-state index is 15.0. The Morgan fingerprint density at radius 1 is 1.22 bits per heavy atom. The number of carbonyl (C=O) groups excluding carboxylic acids is 4. The fraction of sp³-hybridized carbons (Fsp3) is 0.478. The first-order valence-corrected chi connectivity index (χ1v) is 11.9. The Kier molecular flexibility index (Phi) is 8.15. The molecule has 2 aliphatic rings. The van der Waals surface area contributed by atoms with Crippen LogP contribution in [0.1, 0.15) is 13.3 Å². The Bertz CT molecular complexity index is 1140. The van der Waals surface area contributed by atoms with Gasteiger partial charge < -0.3 is 24.6 Å². The third-order valence-electron chi connectivity index (χ3n) is 6.00. The Labute approximate surface area is 212 Å². The molecule has 13 nitrogen and oxygen atoms in total. The van der Waals surface area contributed by atoms with Gasteiger partial charge in [-0.15, -0.1) is 5.10 Å². The summed E-state index contributed by atoms with van der Waals surface area (Å²) in [5.41, 5.74) is 0.755. The highest BCUT2D eigenvalue weighted by Gasteiger charge is 2.33. The molecule has 2 fully saturated rings. The molecule has 3 heterocycles. The summed E-state index contributed by atoms with van der Waals surface area (Å²) in [5, 5.41) is 10.0. The standard InChI is InChI=1S/C23H28FN7O6/c1-2-36-22(34)12-20(32)25-13-21(33)29-9-7-28(8-10-29)19-4-3-16(11-18(19)24)31-15-17(37-23(31)35)14-30-6-5-26-27-30/h3-6,11,17H,2,7-10,12-15H2,1H3,(H,25,32)/t17-/m0/s1. The number of hydrogen-bond donors (Lipinski definition) is 1. The van der Waals surface area contributed by atoms with Crippen molar-refractivity contribution < 1.29 is 33.0 Å². The minimum atomic E-state index is -0.651. The minimum Gasteiger partial charge on any atom is -0.466 e. The molecule has 0 unspecified atom stereocenters. The molecule has 198 valence electrons. The zero-order chi connectivity index (χ0) is 26.4. The minimum absolute atomic E-state index is 0.175. The number of anilines is 2. The highest BCUT2D eigenvalue weighted by Crippen LogP contribution is 2.28. The fourth-order valence-electron chi connectivity index (χ4n) is 4.17. The Morgan fingerprint density at radius 3 is 2.68 bits per heavy atom. The SMILES string of the molecule is CCOC(=O)CC(=O)NCC(=O)N1CCN(c2ccc(N3C[C@H](Cn4ccnn4)OC3=O)cc2F)CC1. The molecule has 3 amide bonds.